The summed E-state index contributed by atoms with van der Waals surface area (Å²) >= 11 is 0. The van der Waals surface area contributed by atoms with Gasteiger partial charge in [-0.15, -0.1) is 0 Å². The SMILES string of the molecule is Cc1ccccc1C1CNC(C(C)C)O1. The average Bonchev–Trinajstić information content (AvgIpc) is 2.67. The highest BCUT2D eigenvalue weighted by atomic mass is 16.5. The first-order valence-electron chi connectivity index (χ1n) is 5.63. The Balaban J connectivity index is 2.11. The average molecular weight is 205 g/mol. The van der Waals surface area contributed by atoms with Crippen molar-refractivity contribution in [2.75, 3.05) is 6.54 Å². The van der Waals surface area contributed by atoms with Crippen molar-refractivity contribution in [3.05, 3.63) is 35.4 Å². The molecule has 1 saturated heterocycles. The van der Waals surface area contributed by atoms with E-state index in [2.05, 4.69) is 50.4 Å². The molecular weight excluding hydrogens is 186 g/mol. The van der Waals surface area contributed by atoms with E-state index in [1.165, 1.54) is 11.1 Å². The largest absolute Gasteiger partial charge is 0.354 e. The van der Waals surface area contributed by atoms with E-state index in [0.29, 0.717) is 5.92 Å². The first-order chi connectivity index (χ1) is 7.18. The zero-order valence-electron chi connectivity index (χ0n) is 9.66. The van der Waals surface area contributed by atoms with Crippen molar-refractivity contribution in [3.63, 3.8) is 0 Å². The number of benzene rings is 1. The fraction of sp³-hybridized carbons (Fsp3) is 0.538. The van der Waals surface area contributed by atoms with Gasteiger partial charge in [-0.25, -0.2) is 0 Å². The van der Waals surface area contributed by atoms with Gasteiger partial charge in [0, 0.05) is 6.54 Å². The summed E-state index contributed by atoms with van der Waals surface area (Å²) in [6.45, 7) is 7.42. The normalized spacial score (nSPS) is 26.1. The minimum atomic E-state index is 0.203. The topological polar surface area (TPSA) is 21.3 Å². The molecule has 2 nitrogen and oxygen atoms in total. The van der Waals surface area contributed by atoms with Gasteiger partial charge in [0.05, 0.1) is 6.10 Å². The van der Waals surface area contributed by atoms with E-state index >= 15 is 0 Å². The number of ether oxygens (including phenoxy) is 1. The molecule has 2 rings (SSSR count). The summed E-state index contributed by atoms with van der Waals surface area (Å²) in [7, 11) is 0. The lowest BCUT2D eigenvalue weighted by molar-refractivity contribution is 0.0133. The molecule has 0 bridgehead atoms. The maximum atomic E-state index is 5.98. The van der Waals surface area contributed by atoms with Crippen LogP contribution >= 0.6 is 0 Å². The first-order valence-corrected chi connectivity index (χ1v) is 5.63. The van der Waals surface area contributed by atoms with Crippen molar-refractivity contribution in [1.29, 1.82) is 0 Å². The van der Waals surface area contributed by atoms with Gasteiger partial charge in [-0.1, -0.05) is 38.1 Å². The molecule has 1 aromatic rings. The summed E-state index contributed by atoms with van der Waals surface area (Å²) < 4.78 is 5.98. The van der Waals surface area contributed by atoms with E-state index in [-0.39, 0.29) is 12.3 Å². The van der Waals surface area contributed by atoms with Crippen LogP contribution in [-0.2, 0) is 4.74 Å². The Kier molecular flexibility index (Phi) is 3.08. The summed E-state index contributed by atoms with van der Waals surface area (Å²) in [4.78, 5) is 0. The van der Waals surface area contributed by atoms with Crippen LogP contribution in [0.3, 0.4) is 0 Å². The van der Waals surface area contributed by atoms with E-state index in [0.717, 1.165) is 6.54 Å². The fourth-order valence-electron chi connectivity index (χ4n) is 2.02. The van der Waals surface area contributed by atoms with Gasteiger partial charge in [0.2, 0.25) is 0 Å². The lowest BCUT2D eigenvalue weighted by atomic mass is 10.0. The molecule has 2 atom stereocenters. The molecule has 2 heteroatoms. The second-order valence-electron chi connectivity index (χ2n) is 4.55. The summed E-state index contributed by atoms with van der Waals surface area (Å²) in [5, 5.41) is 3.41. The van der Waals surface area contributed by atoms with Crippen LogP contribution in [-0.4, -0.2) is 12.8 Å². The Labute approximate surface area is 91.6 Å². The van der Waals surface area contributed by atoms with Crippen LogP contribution in [0, 0.1) is 12.8 Å². The lowest BCUT2D eigenvalue weighted by Crippen LogP contribution is -2.27. The molecule has 2 unspecified atom stereocenters. The highest BCUT2D eigenvalue weighted by Crippen LogP contribution is 2.27. The summed E-state index contributed by atoms with van der Waals surface area (Å²) in [6, 6.07) is 8.45. The molecule has 1 heterocycles. The van der Waals surface area contributed by atoms with E-state index < -0.39 is 0 Å². The maximum Gasteiger partial charge on any atom is 0.111 e. The number of aryl methyl sites for hydroxylation is 1. The Hall–Kier alpha value is -0.860. The van der Waals surface area contributed by atoms with Crippen molar-refractivity contribution >= 4 is 0 Å². The maximum absolute atomic E-state index is 5.98. The molecule has 1 aliphatic heterocycles. The van der Waals surface area contributed by atoms with Gasteiger partial charge in [-0.05, 0) is 24.0 Å². The molecule has 0 aromatic heterocycles. The van der Waals surface area contributed by atoms with Crippen molar-refractivity contribution in [2.24, 2.45) is 5.92 Å². The van der Waals surface area contributed by atoms with Gasteiger partial charge in [0.1, 0.15) is 6.23 Å². The van der Waals surface area contributed by atoms with Crippen molar-refractivity contribution in [1.82, 2.24) is 5.32 Å². The first kappa shape index (κ1) is 10.7. The highest BCUT2D eigenvalue weighted by Gasteiger charge is 2.28. The number of hydrogen-bond donors (Lipinski definition) is 1. The molecule has 15 heavy (non-hydrogen) atoms. The summed E-state index contributed by atoms with van der Waals surface area (Å²) in [5.74, 6) is 0.527. The molecule has 0 radical (unpaired) electrons. The minimum absolute atomic E-state index is 0.203. The highest BCUT2D eigenvalue weighted by molar-refractivity contribution is 5.28. The van der Waals surface area contributed by atoms with Crippen molar-refractivity contribution in [2.45, 2.75) is 33.1 Å². The van der Waals surface area contributed by atoms with Crippen molar-refractivity contribution in [3.8, 4) is 0 Å². The predicted molar refractivity (Wildman–Crippen MR) is 61.6 cm³/mol. The van der Waals surface area contributed by atoms with E-state index in [1.807, 2.05) is 0 Å². The van der Waals surface area contributed by atoms with Gasteiger partial charge in [0.15, 0.2) is 0 Å². The third kappa shape index (κ3) is 2.21. The van der Waals surface area contributed by atoms with Crippen LogP contribution in [0.5, 0.6) is 0 Å². The van der Waals surface area contributed by atoms with Crippen LogP contribution in [0.15, 0.2) is 24.3 Å². The van der Waals surface area contributed by atoms with Gasteiger partial charge in [0.25, 0.3) is 0 Å². The Morgan fingerprint density at radius 1 is 1.33 bits per heavy atom. The Morgan fingerprint density at radius 2 is 2.07 bits per heavy atom. The quantitative estimate of drug-likeness (QED) is 0.801. The fourth-order valence-corrected chi connectivity index (χ4v) is 2.02. The predicted octanol–water partition coefficient (Wildman–Crippen LogP) is 2.64. The van der Waals surface area contributed by atoms with Crippen LogP contribution in [0.2, 0.25) is 0 Å². The summed E-state index contributed by atoms with van der Waals surface area (Å²) in [6.07, 6.45) is 0.424. The van der Waals surface area contributed by atoms with Crippen LogP contribution in [0.4, 0.5) is 0 Å². The summed E-state index contributed by atoms with van der Waals surface area (Å²) in [5.41, 5.74) is 2.63. The molecule has 0 aliphatic carbocycles. The molecule has 1 aliphatic rings. The lowest BCUT2D eigenvalue weighted by Gasteiger charge is -2.17. The standard InChI is InChI=1S/C13H19NO/c1-9(2)13-14-8-12(15-13)11-7-5-4-6-10(11)3/h4-7,9,12-14H,8H2,1-3H3. The molecular formula is C13H19NO. The second-order valence-corrected chi connectivity index (χ2v) is 4.55. The van der Waals surface area contributed by atoms with Gasteiger partial charge >= 0.3 is 0 Å². The smallest absolute Gasteiger partial charge is 0.111 e. The third-order valence-electron chi connectivity index (χ3n) is 2.96. The van der Waals surface area contributed by atoms with Gasteiger partial charge in [-0.3, -0.25) is 5.32 Å². The molecule has 0 amide bonds. The molecule has 0 spiro atoms. The van der Waals surface area contributed by atoms with E-state index in [9.17, 15) is 0 Å². The number of nitrogens with one attached hydrogen (secondary N) is 1. The second kappa shape index (κ2) is 4.33. The molecule has 1 fully saturated rings. The molecule has 1 N–H and O–H groups in total. The number of rotatable bonds is 2. The van der Waals surface area contributed by atoms with Crippen LogP contribution in [0.25, 0.3) is 0 Å². The van der Waals surface area contributed by atoms with Gasteiger partial charge in [-0.2, -0.15) is 0 Å². The zero-order chi connectivity index (χ0) is 10.8. The molecule has 1 aromatic carbocycles. The van der Waals surface area contributed by atoms with Crippen molar-refractivity contribution < 1.29 is 4.74 Å². The number of hydrogen-bond acceptors (Lipinski definition) is 2. The monoisotopic (exact) mass is 205 g/mol. The molecule has 82 valence electrons. The third-order valence-corrected chi connectivity index (χ3v) is 2.96. The Bertz CT molecular complexity index is 335. The van der Waals surface area contributed by atoms with Gasteiger partial charge < -0.3 is 4.74 Å². The minimum Gasteiger partial charge on any atom is -0.354 e. The van der Waals surface area contributed by atoms with Crippen LogP contribution < -0.4 is 5.32 Å². The van der Waals surface area contributed by atoms with E-state index in [1.54, 1.807) is 0 Å². The van der Waals surface area contributed by atoms with Crippen LogP contribution in [0.1, 0.15) is 31.1 Å². The Morgan fingerprint density at radius 3 is 2.67 bits per heavy atom. The zero-order valence-corrected chi connectivity index (χ0v) is 9.66. The van der Waals surface area contributed by atoms with E-state index in [4.69, 9.17) is 4.74 Å². The molecule has 0 saturated carbocycles.